The maximum atomic E-state index is 13.8. The van der Waals surface area contributed by atoms with E-state index < -0.39 is 62.3 Å². The quantitative estimate of drug-likeness (QED) is 0.314. The number of carbonyl (C=O) groups is 1. The molecule has 0 radical (unpaired) electrons. The number of amides is 1. The average Bonchev–Trinajstić information content (AvgIpc) is 3.10. The third-order valence-corrected chi connectivity index (χ3v) is 11.0. The lowest BCUT2D eigenvalue weighted by atomic mass is 9.69. The van der Waals surface area contributed by atoms with Crippen molar-refractivity contribution < 1.29 is 37.3 Å². The van der Waals surface area contributed by atoms with E-state index >= 15 is 0 Å². The Bertz CT molecular complexity index is 1590. The van der Waals surface area contributed by atoms with Gasteiger partial charge in [-0.05, 0) is 86.9 Å². The molecule has 1 amide bonds. The van der Waals surface area contributed by atoms with Crippen LogP contribution < -0.4 is 5.32 Å². The maximum Gasteiger partial charge on any atom is 0.255 e. The first-order chi connectivity index (χ1) is 19.3. The lowest BCUT2D eigenvalue weighted by Gasteiger charge is -2.46. The SMILES string of the molecule is Cc1cccc(C(O)C(O)[C@@]2(O)C3CC[C@H]2C[C@H](S(=O)(=O)c2cc(C(=O)Nc4ccc(F)c(F)c4)ccc2Cl)C3)n1. The smallest absolute Gasteiger partial charge is 0.255 e. The highest BCUT2D eigenvalue weighted by Gasteiger charge is 2.60. The topological polar surface area (TPSA) is 137 Å². The Balaban J connectivity index is 1.37. The number of sulfone groups is 1. The number of fused-ring (bicyclic) bond motifs is 2. The van der Waals surface area contributed by atoms with Crippen molar-refractivity contribution in [3.63, 3.8) is 0 Å². The van der Waals surface area contributed by atoms with Crippen molar-refractivity contribution >= 4 is 33.0 Å². The number of benzene rings is 2. The monoisotopic (exact) mass is 606 g/mol. The second-order valence-electron chi connectivity index (χ2n) is 10.8. The summed E-state index contributed by atoms with van der Waals surface area (Å²) in [5, 5.41) is 35.0. The normalized spacial score (nSPS) is 25.5. The van der Waals surface area contributed by atoms with Crippen LogP contribution in [0.1, 0.15) is 53.5 Å². The molecule has 2 aliphatic rings. The molecule has 2 fully saturated rings. The summed E-state index contributed by atoms with van der Waals surface area (Å²) in [4.78, 5) is 16.8. The molecular formula is C29H29ClF2N2O6S. The molecule has 41 heavy (non-hydrogen) atoms. The largest absolute Gasteiger partial charge is 0.387 e. The number of halogens is 3. The fourth-order valence-corrected chi connectivity index (χ4v) is 8.64. The number of anilines is 1. The van der Waals surface area contributed by atoms with Gasteiger partial charge in [0.05, 0.1) is 26.5 Å². The number of aryl methyl sites for hydroxylation is 1. The number of aromatic nitrogens is 1. The van der Waals surface area contributed by atoms with Crippen LogP contribution >= 0.6 is 11.6 Å². The summed E-state index contributed by atoms with van der Waals surface area (Å²) in [6.45, 7) is 1.74. The Hall–Kier alpha value is -2.96. The van der Waals surface area contributed by atoms with E-state index in [2.05, 4.69) is 10.3 Å². The number of rotatable bonds is 7. The van der Waals surface area contributed by atoms with Gasteiger partial charge in [-0.3, -0.25) is 9.78 Å². The van der Waals surface area contributed by atoms with Gasteiger partial charge in [-0.1, -0.05) is 17.7 Å². The molecule has 218 valence electrons. The van der Waals surface area contributed by atoms with Crippen molar-refractivity contribution in [3.8, 4) is 0 Å². The molecule has 6 atom stereocenters. The lowest BCUT2D eigenvalue weighted by Crippen LogP contribution is -2.57. The molecule has 1 heterocycles. The summed E-state index contributed by atoms with van der Waals surface area (Å²) in [7, 11) is -4.10. The van der Waals surface area contributed by atoms with E-state index in [1.54, 1.807) is 25.1 Å². The molecule has 1 aromatic heterocycles. The van der Waals surface area contributed by atoms with Crippen LogP contribution in [0.4, 0.5) is 14.5 Å². The number of pyridine rings is 1. The summed E-state index contributed by atoms with van der Waals surface area (Å²) >= 11 is 6.29. The second-order valence-corrected chi connectivity index (χ2v) is 13.4. The highest BCUT2D eigenvalue weighted by atomic mass is 35.5. The van der Waals surface area contributed by atoms with Gasteiger partial charge >= 0.3 is 0 Å². The first-order valence-electron chi connectivity index (χ1n) is 13.1. The number of aliphatic hydroxyl groups is 3. The average molecular weight is 607 g/mol. The highest BCUT2D eigenvalue weighted by molar-refractivity contribution is 7.92. The van der Waals surface area contributed by atoms with E-state index in [0.29, 0.717) is 18.5 Å². The first-order valence-corrected chi connectivity index (χ1v) is 15.1. The van der Waals surface area contributed by atoms with Crippen LogP contribution in [-0.4, -0.2) is 51.6 Å². The molecule has 8 nitrogen and oxygen atoms in total. The van der Waals surface area contributed by atoms with Crippen LogP contribution in [0.15, 0.2) is 59.5 Å². The van der Waals surface area contributed by atoms with E-state index in [4.69, 9.17) is 11.6 Å². The highest BCUT2D eigenvalue weighted by Crippen LogP contribution is 2.55. The molecule has 2 aliphatic carbocycles. The summed E-state index contributed by atoms with van der Waals surface area (Å²) in [5.41, 5.74) is -0.941. The predicted octanol–water partition coefficient (Wildman–Crippen LogP) is 4.36. The van der Waals surface area contributed by atoms with Crippen LogP contribution in [0.25, 0.3) is 0 Å². The lowest BCUT2D eigenvalue weighted by molar-refractivity contribution is -0.178. The molecular weight excluding hydrogens is 578 g/mol. The number of carbonyl (C=O) groups excluding carboxylic acids is 1. The zero-order valence-corrected chi connectivity index (χ0v) is 23.5. The maximum absolute atomic E-state index is 13.8. The standard InChI is InChI=1S/C29H29ClF2N2O6S/c1-15-3-2-4-24(33-15)26(35)27(36)29(38)17-6-7-18(29)13-20(12-17)41(39,40)25-11-16(5-9-21(25)30)28(37)34-19-8-10-22(31)23(32)14-19/h2-5,8-11,14,17-18,20,26-27,35-36,38H,6-7,12-13H2,1H3,(H,34,37)/t17-,18?,20-,26?,27?,29-/m0/s1. The molecule has 12 heteroatoms. The van der Waals surface area contributed by atoms with E-state index in [0.717, 1.165) is 18.2 Å². The number of hydrogen-bond donors (Lipinski definition) is 4. The third-order valence-electron chi connectivity index (χ3n) is 8.37. The van der Waals surface area contributed by atoms with E-state index in [9.17, 15) is 37.3 Å². The van der Waals surface area contributed by atoms with Gasteiger partial charge in [0.1, 0.15) is 12.2 Å². The molecule has 2 aromatic carbocycles. The summed E-state index contributed by atoms with van der Waals surface area (Å²) < 4.78 is 54.4. The number of hydrogen-bond acceptors (Lipinski definition) is 7. The molecule has 0 aliphatic heterocycles. The van der Waals surface area contributed by atoms with E-state index in [-0.39, 0.29) is 39.7 Å². The Kier molecular flexibility index (Phi) is 7.95. The van der Waals surface area contributed by atoms with Crippen molar-refractivity contribution in [2.24, 2.45) is 11.8 Å². The molecule has 5 rings (SSSR count). The minimum Gasteiger partial charge on any atom is -0.387 e. The van der Waals surface area contributed by atoms with Crippen LogP contribution in [0.5, 0.6) is 0 Å². The molecule has 0 saturated heterocycles. The minimum absolute atomic E-state index is 0.0157. The molecule has 2 saturated carbocycles. The summed E-state index contributed by atoms with van der Waals surface area (Å²) in [6, 6.07) is 11.5. The van der Waals surface area contributed by atoms with Crippen LogP contribution in [-0.2, 0) is 9.84 Å². The predicted molar refractivity (Wildman–Crippen MR) is 147 cm³/mol. The van der Waals surface area contributed by atoms with Crippen molar-refractivity contribution in [2.75, 3.05) is 5.32 Å². The van der Waals surface area contributed by atoms with E-state index in [1.165, 1.54) is 18.2 Å². The third kappa shape index (κ3) is 5.37. The second kappa shape index (κ2) is 11.0. The molecule has 3 unspecified atom stereocenters. The minimum atomic E-state index is -4.10. The Morgan fingerprint density at radius 3 is 2.37 bits per heavy atom. The first kappa shape index (κ1) is 29.5. The van der Waals surface area contributed by atoms with Gasteiger partial charge in [-0.25, -0.2) is 17.2 Å². The van der Waals surface area contributed by atoms with Gasteiger partial charge in [-0.2, -0.15) is 0 Å². The van der Waals surface area contributed by atoms with Gasteiger partial charge in [-0.15, -0.1) is 0 Å². The zero-order chi connectivity index (χ0) is 29.7. The number of nitrogens with zero attached hydrogens (tertiary/aromatic N) is 1. The van der Waals surface area contributed by atoms with Crippen LogP contribution in [0, 0.1) is 30.4 Å². The van der Waals surface area contributed by atoms with E-state index in [1.807, 2.05) is 0 Å². The van der Waals surface area contributed by atoms with Gasteiger partial charge in [0.15, 0.2) is 21.5 Å². The fraction of sp³-hybridized carbons (Fsp3) is 0.379. The van der Waals surface area contributed by atoms with Crippen LogP contribution in [0.2, 0.25) is 5.02 Å². The summed E-state index contributed by atoms with van der Waals surface area (Å²) in [5.74, 6) is -4.21. The molecule has 4 N–H and O–H groups in total. The number of aliphatic hydroxyl groups excluding tert-OH is 2. The molecule has 3 aromatic rings. The van der Waals surface area contributed by atoms with Gasteiger partial charge in [0.2, 0.25) is 0 Å². The van der Waals surface area contributed by atoms with Crippen molar-refractivity contribution in [1.82, 2.24) is 4.98 Å². The Labute approximate surface area is 240 Å². The molecule has 0 spiro atoms. The summed E-state index contributed by atoms with van der Waals surface area (Å²) in [6.07, 6.45) is -2.09. The fourth-order valence-electron chi connectivity index (χ4n) is 6.24. The van der Waals surface area contributed by atoms with Crippen molar-refractivity contribution in [3.05, 3.63) is 88.2 Å². The van der Waals surface area contributed by atoms with Gasteiger partial charge in [0.25, 0.3) is 5.91 Å². The molecule has 2 bridgehead atoms. The van der Waals surface area contributed by atoms with Crippen molar-refractivity contribution in [2.45, 2.75) is 60.6 Å². The van der Waals surface area contributed by atoms with Crippen LogP contribution in [0.3, 0.4) is 0 Å². The Morgan fingerprint density at radius 1 is 1.05 bits per heavy atom. The van der Waals surface area contributed by atoms with Gasteiger partial charge in [0, 0.05) is 23.0 Å². The van der Waals surface area contributed by atoms with Gasteiger partial charge < -0.3 is 20.6 Å². The number of nitrogens with one attached hydrogen (secondary N) is 1. The Morgan fingerprint density at radius 2 is 1.73 bits per heavy atom. The zero-order valence-electron chi connectivity index (χ0n) is 22.0. The van der Waals surface area contributed by atoms with Crippen molar-refractivity contribution in [1.29, 1.82) is 0 Å².